The molecule has 0 bridgehead atoms. The molecule has 0 atom stereocenters. The van der Waals surface area contributed by atoms with E-state index in [2.05, 4.69) is 24.3 Å². The van der Waals surface area contributed by atoms with Gasteiger partial charge >= 0.3 is 6.36 Å². The molecular formula is C26H26F3N3O2. The lowest BCUT2D eigenvalue weighted by Gasteiger charge is -2.30. The first-order valence-corrected chi connectivity index (χ1v) is 10.8. The number of allylic oxidation sites excluding steroid dienone is 1. The van der Waals surface area contributed by atoms with Crippen molar-refractivity contribution in [2.45, 2.75) is 32.5 Å². The average molecular weight is 470 g/mol. The summed E-state index contributed by atoms with van der Waals surface area (Å²) in [4.78, 5) is 15.4. The van der Waals surface area contributed by atoms with Crippen molar-refractivity contribution in [1.82, 2.24) is 4.90 Å². The minimum absolute atomic E-state index is 0.218. The van der Waals surface area contributed by atoms with E-state index in [0.717, 1.165) is 34.4 Å². The molecule has 2 aromatic carbocycles. The van der Waals surface area contributed by atoms with Crippen molar-refractivity contribution in [3.63, 3.8) is 0 Å². The molecule has 1 aliphatic heterocycles. The summed E-state index contributed by atoms with van der Waals surface area (Å²) in [5, 5.41) is 10.0. The van der Waals surface area contributed by atoms with E-state index in [4.69, 9.17) is 0 Å². The molecule has 0 unspecified atom stereocenters. The second-order valence-electron chi connectivity index (χ2n) is 8.11. The van der Waals surface area contributed by atoms with Crippen molar-refractivity contribution in [2.75, 3.05) is 25.5 Å². The third kappa shape index (κ3) is 5.42. The van der Waals surface area contributed by atoms with Crippen molar-refractivity contribution < 1.29 is 22.7 Å². The van der Waals surface area contributed by atoms with Gasteiger partial charge in [0.05, 0.1) is 11.3 Å². The second-order valence-corrected chi connectivity index (χ2v) is 8.11. The molecule has 8 heteroatoms. The zero-order chi connectivity index (χ0) is 25.0. The van der Waals surface area contributed by atoms with Gasteiger partial charge in [0, 0.05) is 26.8 Å². The lowest BCUT2D eigenvalue weighted by Crippen LogP contribution is -2.27. The Balaban J connectivity index is 2.11. The van der Waals surface area contributed by atoms with E-state index in [-0.39, 0.29) is 11.7 Å². The fourth-order valence-corrected chi connectivity index (χ4v) is 4.13. The average Bonchev–Trinajstić information content (AvgIpc) is 2.80. The minimum Gasteiger partial charge on any atom is -0.406 e. The van der Waals surface area contributed by atoms with Crippen LogP contribution in [0.2, 0.25) is 0 Å². The van der Waals surface area contributed by atoms with Gasteiger partial charge in [0.25, 0.3) is 0 Å². The number of hydrogen-bond donors (Lipinski definition) is 0. The lowest BCUT2D eigenvalue weighted by atomic mass is 9.85. The van der Waals surface area contributed by atoms with Gasteiger partial charge in [-0.25, -0.2) is 0 Å². The Labute approximate surface area is 197 Å². The Morgan fingerprint density at radius 2 is 2.00 bits per heavy atom. The number of nitrogens with zero attached hydrogens (tertiary/aromatic N) is 3. The number of halogens is 3. The first-order valence-electron chi connectivity index (χ1n) is 10.8. The summed E-state index contributed by atoms with van der Waals surface area (Å²) in [5.41, 5.74) is 5.76. The topological polar surface area (TPSA) is 56.6 Å². The van der Waals surface area contributed by atoms with Gasteiger partial charge in [0.1, 0.15) is 11.8 Å². The van der Waals surface area contributed by atoms with E-state index < -0.39 is 6.36 Å². The fourth-order valence-electron chi connectivity index (χ4n) is 4.13. The van der Waals surface area contributed by atoms with Crippen LogP contribution in [0.1, 0.15) is 30.0 Å². The van der Waals surface area contributed by atoms with Crippen molar-refractivity contribution in [3.05, 3.63) is 71.5 Å². The van der Waals surface area contributed by atoms with E-state index in [1.165, 1.54) is 28.7 Å². The van der Waals surface area contributed by atoms with Crippen LogP contribution in [-0.2, 0) is 17.6 Å². The zero-order valence-electron chi connectivity index (χ0n) is 19.4. The summed E-state index contributed by atoms with van der Waals surface area (Å²) in [6, 6.07) is 9.98. The highest BCUT2D eigenvalue weighted by atomic mass is 19.4. The van der Waals surface area contributed by atoms with Gasteiger partial charge in [-0.05, 0) is 71.4 Å². The molecule has 2 aromatic rings. The van der Waals surface area contributed by atoms with Crippen molar-refractivity contribution in [2.24, 2.45) is 0 Å². The number of anilines is 1. The van der Waals surface area contributed by atoms with Gasteiger partial charge in [0.15, 0.2) is 0 Å². The van der Waals surface area contributed by atoms with E-state index in [0.29, 0.717) is 24.9 Å². The Bertz CT molecular complexity index is 1160. The Kier molecular flexibility index (Phi) is 7.35. The molecule has 0 N–H and O–H groups in total. The predicted molar refractivity (Wildman–Crippen MR) is 125 cm³/mol. The molecule has 0 aromatic heterocycles. The van der Waals surface area contributed by atoms with Crippen molar-refractivity contribution >= 4 is 11.6 Å². The van der Waals surface area contributed by atoms with E-state index in [1.54, 1.807) is 19.2 Å². The Morgan fingerprint density at radius 1 is 1.32 bits per heavy atom. The maximum Gasteiger partial charge on any atom is 0.573 e. The van der Waals surface area contributed by atoms with Crippen LogP contribution in [0.3, 0.4) is 0 Å². The number of benzene rings is 2. The molecule has 1 heterocycles. The van der Waals surface area contributed by atoms with Crippen LogP contribution in [-0.4, -0.2) is 37.8 Å². The van der Waals surface area contributed by atoms with Gasteiger partial charge in [0.2, 0.25) is 5.91 Å². The van der Waals surface area contributed by atoms with Gasteiger partial charge in [-0.2, -0.15) is 5.26 Å². The van der Waals surface area contributed by atoms with Crippen LogP contribution in [0.4, 0.5) is 18.9 Å². The third-order valence-electron chi connectivity index (χ3n) is 5.85. The molecule has 5 nitrogen and oxygen atoms in total. The maximum atomic E-state index is 12.6. The maximum absolute atomic E-state index is 12.6. The molecule has 178 valence electrons. The Hall–Kier alpha value is -3.73. The number of amides is 1. The molecule has 0 saturated carbocycles. The van der Waals surface area contributed by atoms with Crippen LogP contribution in [0.5, 0.6) is 5.75 Å². The molecule has 1 aliphatic rings. The first-order chi connectivity index (χ1) is 16.1. The first kappa shape index (κ1) is 24.9. The minimum atomic E-state index is -4.76. The molecule has 0 spiro atoms. The van der Waals surface area contributed by atoms with Crippen LogP contribution in [0.15, 0.2) is 54.8 Å². The Morgan fingerprint density at radius 3 is 2.56 bits per heavy atom. The highest BCUT2D eigenvalue weighted by Crippen LogP contribution is 2.41. The smallest absolute Gasteiger partial charge is 0.406 e. The number of nitriles is 1. The summed E-state index contributed by atoms with van der Waals surface area (Å²) in [5.74, 6) is -0.514. The molecule has 0 fully saturated rings. The number of carbonyl (C=O) groups is 1. The van der Waals surface area contributed by atoms with E-state index in [9.17, 15) is 23.2 Å². The van der Waals surface area contributed by atoms with E-state index >= 15 is 0 Å². The highest BCUT2D eigenvalue weighted by molar-refractivity contribution is 5.87. The van der Waals surface area contributed by atoms with Crippen molar-refractivity contribution in [1.29, 1.82) is 5.26 Å². The van der Waals surface area contributed by atoms with Crippen molar-refractivity contribution in [3.8, 4) is 22.9 Å². The summed E-state index contributed by atoms with van der Waals surface area (Å²) < 4.78 is 41.8. The van der Waals surface area contributed by atoms with Gasteiger partial charge in [-0.3, -0.25) is 4.79 Å². The molecular weight excluding hydrogens is 443 g/mol. The van der Waals surface area contributed by atoms with Gasteiger partial charge in [-0.15, -0.1) is 13.2 Å². The summed E-state index contributed by atoms with van der Waals surface area (Å²) in [7, 11) is 3.55. The number of likely N-dealkylation sites (N-methyl/N-ethyl adjacent to an activating group) is 1. The fraction of sp³-hybridized carbons (Fsp3) is 0.308. The summed E-state index contributed by atoms with van der Waals surface area (Å²) in [6.45, 7) is 5.94. The second kappa shape index (κ2) is 10.0. The quantitative estimate of drug-likeness (QED) is 0.496. The highest BCUT2D eigenvalue weighted by Gasteiger charge is 2.31. The van der Waals surface area contributed by atoms with E-state index in [1.807, 2.05) is 24.2 Å². The van der Waals surface area contributed by atoms with Gasteiger partial charge in [-0.1, -0.05) is 25.6 Å². The summed E-state index contributed by atoms with van der Waals surface area (Å²) in [6.07, 6.45) is 0.395. The van der Waals surface area contributed by atoms with Gasteiger partial charge < -0.3 is 14.5 Å². The molecule has 0 saturated heterocycles. The summed E-state index contributed by atoms with van der Waals surface area (Å²) >= 11 is 0. The number of rotatable bonds is 7. The third-order valence-corrected chi connectivity index (χ3v) is 5.85. The zero-order valence-corrected chi connectivity index (χ0v) is 19.4. The molecule has 34 heavy (non-hydrogen) atoms. The standard InChI is InChI=1S/C26H26F3N3O2/c1-5-17-13-22-21(18-7-9-20(10-8-18)34-26(27,28)29)14-19(11-12-31(3)24(33)6-2)23(15-30)25(22)32(4)16-17/h6-10,14,16H,2,5,11-13H2,1,3-4H3. The number of fused-ring (bicyclic) bond motifs is 1. The number of alkyl halides is 3. The van der Waals surface area contributed by atoms with Crippen LogP contribution in [0, 0.1) is 11.3 Å². The number of ether oxygens (including phenoxy) is 1. The molecule has 3 rings (SSSR count). The largest absolute Gasteiger partial charge is 0.573 e. The normalized spacial score (nSPS) is 13.0. The number of hydrogen-bond acceptors (Lipinski definition) is 4. The SMILES string of the molecule is C=CC(=O)N(C)CCc1cc(-c2ccc(OC(F)(F)F)cc2)c2c(c1C#N)N(C)C=C(CC)C2. The van der Waals surface area contributed by atoms with Crippen LogP contribution >= 0.6 is 0 Å². The predicted octanol–water partition coefficient (Wildman–Crippen LogP) is 5.60. The van der Waals surface area contributed by atoms with Crippen LogP contribution < -0.4 is 9.64 Å². The molecule has 1 amide bonds. The van der Waals surface area contributed by atoms with Crippen LogP contribution in [0.25, 0.3) is 11.1 Å². The molecule has 0 radical (unpaired) electrons. The molecule has 0 aliphatic carbocycles. The number of carbonyl (C=O) groups excluding carboxylic acids is 1. The lowest BCUT2D eigenvalue weighted by molar-refractivity contribution is -0.274. The monoisotopic (exact) mass is 469 g/mol.